The molecule has 0 aliphatic heterocycles. The lowest BCUT2D eigenvalue weighted by Crippen LogP contribution is -2.30. The molecule has 17 nitrogen and oxygen atoms in total. The molecule has 0 spiro atoms. The Morgan fingerprint density at radius 1 is 0.295 bits per heavy atom. The molecule has 0 rings (SSSR count). The molecular weight excluding hydrogens is 1250 g/mol. The van der Waals surface area contributed by atoms with Crippen LogP contribution in [0.3, 0.4) is 0 Å². The SMILES string of the molecule is CCCCCCCCCCCCCCCCCCCCCCC(=O)O[C@H](COC(=O)CCCCCCCCCCCCCCCCCCCC)COP(=O)(O)OC[C@@H](O)COP(=O)(O)OC[C@@H](COC(=O)CCCCCCCCC)OC(=O)CCCCCCCCC(C)CC. The molecule has 0 radical (unpaired) electrons. The van der Waals surface area contributed by atoms with Crippen molar-refractivity contribution < 1.29 is 80.2 Å². The zero-order chi connectivity index (χ0) is 69.8. The average molecular weight is 1400 g/mol. The number of phosphoric ester groups is 2. The van der Waals surface area contributed by atoms with Crippen molar-refractivity contribution in [2.24, 2.45) is 5.92 Å². The number of carbonyl (C=O) groups is 4. The van der Waals surface area contributed by atoms with Crippen molar-refractivity contribution in [2.75, 3.05) is 39.6 Å². The number of ether oxygens (including phenoxy) is 4. The second kappa shape index (κ2) is 69.2. The van der Waals surface area contributed by atoms with Crippen LogP contribution >= 0.6 is 15.6 Å². The Morgan fingerprint density at radius 3 is 0.747 bits per heavy atom. The summed E-state index contributed by atoms with van der Waals surface area (Å²) in [5, 5.41) is 10.6. The van der Waals surface area contributed by atoms with E-state index in [0.29, 0.717) is 25.7 Å². The zero-order valence-electron chi connectivity index (χ0n) is 61.8. The van der Waals surface area contributed by atoms with Gasteiger partial charge in [0.25, 0.3) is 0 Å². The predicted octanol–water partition coefficient (Wildman–Crippen LogP) is 22.5. The van der Waals surface area contributed by atoms with Crippen LogP contribution in [0.2, 0.25) is 0 Å². The van der Waals surface area contributed by atoms with E-state index in [1.165, 1.54) is 212 Å². The van der Waals surface area contributed by atoms with Gasteiger partial charge in [-0.15, -0.1) is 0 Å². The number of unbranched alkanes of at least 4 members (excludes halogenated alkanes) is 47. The molecule has 95 heavy (non-hydrogen) atoms. The second-order valence-corrected chi connectivity index (χ2v) is 30.5. The summed E-state index contributed by atoms with van der Waals surface area (Å²) in [5.41, 5.74) is 0. The summed E-state index contributed by atoms with van der Waals surface area (Å²) < 4.78 is 68.4. The quantitative estimate of drug-likeness (QED) is 0.0222. The molecular formula is C76H148O17P2. The van der Waals surface area contributed by atoms with E-state index in [4.69, 9.17) is 37.0 Å². The third kappa shape index (κ3) is 69.0. The number of hydrogen-bond acceptors (Lipinski definition) is 15. The van der Waals surface area contributed by atoms with Gasteiger partial charge in [0.15, 0.2) is 12.2 Å². The molecule has 0 aliphatic carbocycles. The Balaban J connectivity index is 5.16. The summed E-state index contributed by atoms with van der Waals surface area (Å²) in [4.78, 5) is 72.6. The summed E-state index contributed by atoms with van der Waals surface area (Å²) in [6.45, 7) is 7.19. The number of rotatable bonds is 76. The van der Waals surface area contributed by atoms with E-state index in [2.05, 4.69) is 34.6 Å². The Morgan fingerprint density at radius 2 is 0.505 bits per heavy atom. The first-order valence-corrected chi connectivity index (χ1v) is 42.7. The van der Waals surface area contributed by atoms with Crippen LogP contribution in [-0.2, 0) is 65.4 Å². The highest BCUT2D eigenvalue weighted by molar-refractivity contribution is 7.47. The topological polar surface area (TPSA) is 237 Å². The third-order valence-electron chi connectivity index (χ3n) is 18.1. The Kier molecular flexibility index (Phi) is 67.7. The molecule has 6 atom stereocenters. The van der Waals surface area contributed by atoms with E-state index in [1.54, 1.807) is 0 Å². The lowest BCUT2D eigenvalue weighted by Gasteiger charge is -2.21. The second-order valence-electron chi connectivity index (χ2n) is 27.6. The standard InChI is InChI=1S/C76H148O17P2/c1-6-10-13-16-19-21-23-25-27-29-31-32-34-36-38-40-42-45-51-56-61-75(80)92-71(66-87-74(79)60-55-50-44-41-39-37-35-33-30-28-26-24-22-20-17-14-11-7-2)67-90-94(82,83)88-63-70(77)64-89-95(84,85)91-68-72(65-86-73(78)59-54-49-43-18-15-12-8-3)93-76(81)62-57-52-47-46-48-53-58-69(5)9-4/h69-72,77H,6-68H2,1-5H3,(H,82,83)(H,84,85)/t69?,70-,71-,72-/m1/s1. The van der Waals surface area contributed by atoms with Gasteiger partial charge in [-0.2, -0.15) is 0 Å². The fourth-order valence-electron chi connectivity index (χ4n) is 11.7. The number of phosphoric acid groups is 2. The molecule has 0 aromatic rings. The van der Waals surface area contributed by atoms with Crippen LogP contribution in [0.4, 0.5) is 0 Å². The molecule has 0 saturated heterocycles. The predicted molar refractivity (Wildman–Crippen MR) is 386 cm³/mol. The first-order valence-electron chi connectivity index (χ1n) is 39.7. The molecule has 3 N–H and O–H groups in total. The van der Waals surface area contributed by atoms with Gasteiger partial charge in [-0.3, -0.25) is 37.3 Å². The molecule has 564 valence electrons. The minimum absolute atomic E-state index is 0.103. The van der Waals surface area contributed by atoms with Crippen molar-refractivity contribution in [2.45, 2.75) is 419 Å². The van der Waals surface area contributed by atoms with Crippen molar-refractivity contribution in [1.29, 1.82) is 0 Å². The van der Waals surface area contributed by atoms with E-state index in [9.17, 15) is 43.2 Å². The first-order chi connectivity index (χ1) is 46.1. The van der Waals surface area contributed by atoms with Crippen molar-refractivity contribution >= 4 is 39.5 Å². The van der Waals surface area contributed by atoms with Gasteiger partial charge in [0.2, 0.25) is 0 Å². The molecule has 0 saturated carbocycles. The highest BCUT2D eigenvalue weighted by Gasteiger charge is 2.30. The van der Waals surface area contributed by atoms with Crippen molar-refractivity contribution in [3.63, 3.8) is 0 Å². The molecule has 0 amide bonds. The lowest BCUT2D eigenvalue weighted by atomic mass is 10.00. The van der Waals surface area contributed by atoms with Crippen molar-refractivity contribution in [1.82, 2.24) is 0 Å². The van der Waals surface area contributed by atoms with Gasteiger partial charge in [-0.25, -0.2) is 9.13 Å². The van der Waals surface area contributed by atoms with Gasteiger partial charge in [0.1, 0.15) is 19.3 Å². The van der Waals surface area contributed by atoms with Gasteiger partial charge in [-0.1, -0.05) is 349 Å². The smallest absolute Gasteiger partial charge is 0.462 e. The molecule has 0 aromatic carbocycles. The minimum atomic E-state index is -4.96. The Bertz CT molecular complexity index is 1820. The highest BCUT2D eigenvalue weighted by Crippen LogP contribution is 2.45. The summed E-state index contributed by atoms with van der Waals surface area (Å²) in [6.07, 6.45) is 58.7. The maximum atomic E-state index is 13.1. The minimum Gasteiger partial charge on any atom is -0.462 e. The van der Waals surface area contributed by atoms with Crippen LogP contribution < -0.4 is 0 Å². The number of aliphatic hydroxyl groups excluding tert-OH is 1. The summed E-state index contributed by atoms with van der Waals surface area (Å²) in [7, 11) is -9.90. The van der Waals surface area contributed by atoms with Gasteiger partial charge >= 0.3 is 39.5 Å². The van der Waals surface area contributed by atoms with E-state index >= 15 is 0 Å². The molecule has 19 heteroatoms. The van der Waals surface area contributed by atoms with E-state index in [-0.39, 0.29) is 25.7 Å². The van der Waals surface area contributed by atoms with E-state index < -0.39 is 97.5 Å². The normalized spacial score (nSPS) is 14.2. The maximum Gasteiger partial charge on any atom is 0.472 e. The molecule has 0 aliphatic rings. The Labute approximate surface area is 581 Å². The van der Waals surface area contributed by atoms with Crippen LogP contribution in [0.25, 0.3) is 0 Å². The van der Waals surface area contributed by atoms with Crippen LogP contribution in [0.1, 0.15) is 401 Å². The van der Waals surface area contributed by atoms with E-state index in [0.717, 1.165) is 109 Å². The molecule has 0 bridgehead atoms. The van der Waals surface area contributed by atoms with Gasteiger partial charge in [0, 0.05) is 25.7 Å². The highest BCUT2D eigenvalue weighted by atomic mass is 31.2. The first kappa shape index (κ1) is 93.1. The third-order valence-corrected chi connectivity index (χ3v) is 20.0. The van der Waals surface area contributed by atoms with Gasteiger partial charge < -0.3 is 33.8 Å². The summed E-state index contributed by atoms with van der Waals surface area (Å²) in [5.74, 6) is -1.40. The molecule has 0 aromatic heterocycles. The number of aliphatic hydroxyl groups is 1. The average Bonchev–Trinajstić information content (AvgIpc) is 2.15. The monoisotopic (exact) mass is 1400 g/mol. The van der Waals surface area contributed by atoms with Crippen molar-refractivity contribution in [3.05, 3.63) is 0 Å². The lowest BCUT2D eigenvalue weighted by molar-refractivity contribution is -0.161. The fraction of sp³-hybridized carbons (Fsp3) is 0.947. The van der Waals surface area contributed by atoms with Crippen LogP contribution in [-0.4, -0.2) is 96.7 Å². The number of hydrogen-bond donors (Lipinski definition) is 3. The van der Waals surface area contributed by atoms with Crippen LogP contribution in [0.15, 0.2) is 0 Å². The van der Waals surface area contributed by atoms with Gasteiger partial charge in [-0.05, 0) is 31.6 Å². The molecule has 3 unspecified atom stereocenters. The summed E-state index contributed by atoms with van der Waals surface area (Å²) >= 11 is 0. The molecule has 0 fully saturated rings. The molecule has 0 heterocycles. The number of esters is 4. The van der Waals surface area contributed by atoms with Crippen LogP contribution in [0.5, 0.6) is 0 Å². The van der Waals surface area contributed by atoms with Crippen molar-refractivity contribution in [3.8, 4) is 0 Å². The largest absolute Gasteiger partial charge is 0.472 e. The summed E-state index contributed by atoms with van der Waals surface area (Å²) in [6, 6.07) is 0. The fourth-order valence-corrected chi connectivity index (χ4v) is 13.3. The van der Waals surface area contributed by atoms with Gasteiger partial charge in [0.05, 0.1) is 26.4 Å². The zero-order valence-corrected chi connectivity index (χ0v) is 63.6. The van der Waals surface area contributed by atoms with Crippen LogP contribution in [0, 0.1) is 5.92 Å². The Hall–Kier alpha value is -1.94. The number of carbonyl (C=O) groups excluding carboxylic acids is 4. The maximum absolute atomic E-state index is 13.1. The van der Waals surface area contributed by atoms with E-state index in [1.807, 2.05) is 0 Å².